The molecule has 3 atom stereocenters. The fourth-order valence-corrected chi connectivity index (χ4v) is 7.48. The van der Waals surface area contributed by atoms with Crippen LogP contribution in [-0.4, -0.2) is 34.0 Å². The Bertz CT molecular complexity index is 1180. The van der Waals surface area contributed by atoms with Crippen LogP contribution in [-0.2, 0) is 15.3 Å². The van der Waals surface area contributed by atoms with Gasteiger partial charge in [-0.1, -0.05) is 53.2 Å². The van der Waals surface area contributed by atoms with E-state index in [1.54, 1.807) is 46.0 Å². The Morgan fingerprint density at radius 1 is 1.20 bits per heavy atom. The molecule has 4 bridgehead atoms. The van der Waals surface area contributed by atoms with Crippen molar-refractivity contribution in [2.75, 3.05) is 12.8 Å². The summed E-state index contributed by atoms with van der Waals surface area (Å²) in [6.45, 7) is 2.14. The summed E-state index contributed by atoms with van der Waals surface area (Å²) in [6.07, 6.45) is 11.3. The van der Waals surface area contributed by atoms with E-state index in [9.17, 15) is 14.7 Å². The first-order valence-electron chi connectivity index (χ1n) is 11.7. The maximum atomic E-state index is 12.6. The van der Waals surface area contributed by atoms with Crippen LogP contribution >= 0.6 is 21.6 Å². The number of ketones is 2. The molecular formula is C27H30N2O4S2. The average Bonchev–Trinajstić information content (AvgIpc) is 2.84. The van der Waals surface area contributed by atoms with Crippen LogP contribution in [0, 0.1) is 5.92 Å². The molecule has 184 valence electrons. The smallest absolute Gasteiger partial charge is 0.163 e. The standard InChI is InChI=1S/C27H30N2O4S2/c1-3-16-4-6-20(30)12-21(31)7-5-17-11-25(33-2)24(32)13-23(17)22-8-9-26(16)35-34-15-19-10-18(22)14-29-27(19)28/h5,7-11,13-14,16,22,26,32H,3-4,6,12,15H2,1-2H3,(H2,28,29)/b7-5+,9-8+/t16-,22-,26-/m1/s1. The van der Waals surface area contributed by atoms with E-state index < -0.39 is 0 Å². The number of phenols is 1. The highest BCUT2D eigenvalue weighted by atomic mass is 33.1. The fraction of sp³-hybridized carbons (Fsp3) is 0.370. The Hall–Kier alpha value is -2.71. The number of fused-ring (bicyclic) bond motifs is 7. The number of rotatable bonds is 2. The van der Waals surface area contributed by atoms with Crippen LogP contribution in [0.25, 0.3) is 6.08 Å². The molecule has 0 unspecified atom stereocenters. The maximum Gasteiger partial charge on any atom is 0.163 e. The first kappa shape index (κ1) is 25.4. The second-order valence-corrected chi connectivity index (χ2v) is 11.4. The first-order valence-corrected chi connectivity index (χ1v) is 14.1. The summed E-state index contributed by atoms with van der Waals surface area (Å²) in [7, 11) is 5.02. The van der Waals surface area contributed by atoms with Crippen LogP contribution in [0.5, 0.6) is 11.5 Å². The van der Waals surface area contributed by atoms with Gasteiger partial charge in [-0.15, -0.1) is 0 Å². The molecule has 1 aromatic carbocycles. The third kappa shape index (κ3) is 5.93. The number of aromatic hydroxyl groups is 1. The molecule has 8 heteroatoms. The van der Waals surface area contributed by atoms with Crippen molar-refractivity contribution in [1.82, 2.24) is 4.98 Å². The van der Waals surface area contributed by atoms with Gasteiger partial charge in [-0.25, -0.2) is 4.98 Å². The number of pyridine rings is 1. The zero-order chi connectivity index (χ0) is 24.9. The molecule has 0 fully saturated rings. The number of carbonyl (C=O) groups excluding carboxylic acids is 2. The lowest BCUT2D eigenvalue weighted by atomic mass is 9.85. The van der Waals surface area contributed by atoms with Crippen LogP contribution in [0.4, 0.5) is 5.82 Å². The Balaban J connectivity index is 1.93. The molecule has 2 aromatic rings. The highest BCUT2D eigenvalue weighted by Crippen LogP contribution is 2.43. The van der Waals surface area contributed by atoms with Gasteiger partial charge in [0, 0.05) is 35.1 Å². The largest absolute Gasteiger partial charge is 0.504 e. The second-order valence-electron chi connectivity index (χ2n) is 8.87. The summed E-state index contributed by atoms with van der Waals surface area (Å²) in [6, 6.07) is 5.48. The predicted octanol–water partition coefficient (Wildman–Crippen LogP) is 5.69. The van der Waals surface area contributed by atoms with E-state index in [0.717, 1.165) is 40.8 Å². The van der Waals surface area contributed by atoms with E-state index in [4.69, 9.17) is 10.5 Å². The number of nitrogens with two attached hydrogens (primary N) is 1. The van der Waals surface area contributed by atoms with Crippen molar-refractivity contribution in [3.63, 3.8) is 0 Å². The summed E-state index contributed by atoms with van der Waals surface area (Å²) >= 11 is 0. The molecule has 1 aliphatic heterocycles. The lowest BCUT2D eigenvalue weighted by Crippen LogP contribution is -2.17. The van der Waals surface area contributed by atoms with Crippen molar-refractivity contribution in [3.8, 4) is 11.5 Å². The Morgan fingerprint density at radius 3 is 2.80 bits per heavy atom. The van der Waals surface area contributed by atoms with Gasteiger partial charge >= 0.3 is 0 Å². The van der Waals surface area contributed by atoms with Gasteiger partial charge in [0.25, 0.3) is 0 Å². The van der Waals surface area contributed by atoms with E-state index in [0.29, 0.717) is 23.9 Å². The number of anilines is 1. The summed E-state index contributed by atoms with van der Waals surface area (Å²) < 4.78 is 5.34. The van der Waals surface area contributed by atoms with Crippen molar-refractivity contribution < 1.29 is 19.4 Å². The molecule has 2 aliphatic rings. The zero-order valence-corrected chi connectivity index (χ0v) is 21.5. The van der Waals surface area contributed by atoms with Crippen LogP contribution in [0.2, 0.25) is 0 Å². The van der Waals surface area contributed by atoms with Gasteiger partial charge in [-0.2, -0.15) is 0 Å². The zero-order valence-electron chi connectivity index (χ0n) is 19.9. The molecule has 4 rings (SSSR count). The van der Waals surface area contributed by atoms with E-state index in [1.807, 2.05) is 0 Å². The quantitative estimate of drug-likeness (QED) is 0.302. The van der Waals surface area contributed by atoms with Gasteiger partial charge in [0.1, 0.15) is 11.6 Å². The number of methoxy groups -OCH3 is 1. The molecule has 3 N–H and O–H groups in total. The number of ether oxygens (including phenoxy) is 1. The molecule has 1 aromatic heterocycles. The monoisotopic (exact) mass is 510 g/mol. The molecule has 0 amide bonds. The number of carbonyl (C=O) groups is 2. The number of phenolic OH excluding ortho intramolecular Hbond substituents is 1. The molecule has 0 saturated heterocycles. The normalized spacial score (nSPS) is 24.8. The minimum absolute atomic E-state index is 0.0179. The second kappa shape index (κ2) is 11.4. The predicted molar refractivity (Wildman–Crippen MR) is 144 cm³/mol. The molecule has 0 spiro atoms. The molecule has 0 saturated carbocycles. The fourth-order valence-electron chi connectivity index (χ4n) is 4.53. The molecule has 1 aliphatic carbocycles. The van der Waals surface area contributed by atoms with Gasteiger partial charge in [-0.3, -0.25) is 9.59 Å². The molecule has 35 heavy (non-hydrogen) atoms. The topological polar surface area (TPSA) is 103 Å². The highest BCUT2D eigenvalue weighted by Gasteiger charge is 2.25. The molecule has 6 nitrogen and oxygen atoms in total. The van der Waals surface area contributed by atoms with Gasteiger partial charge in [0.15, 0.2) is 17.3 Å². The van der Waals surface area contributed by atoms with Crippen molar-refractivity contribution in [1.29, 1.82) is 0 Å². The first-order chi connectivity index (χ1) is 16.9. The number of benzene rings is 1. The number of Topliss-reactive ketones (excluding diaryl/α,β-unsaturated/α-hetero) is 1. The number of nitrogens with zero attached hydrogens (tertiary/aromatic N) is 1. The number of aromatic nitrogens is 1. The Labute approximate surface area is 213 Å². The summed E-state index contributed by atoms with van der Waals surface area (Å²) in [5, 5.41) is 10.8. The number of hydrogen-bond acceptors (Lipinski definition) is 8. The van der Waals surface area contributed by atoms with Crippen LogP contribution in [0.15, 0.2) is 42.6 Å². The minimum atomic E-state index is -0.232. The summed E-state index contributed by atoms with van der Waals surface area (Å²) in [5.41, 5.74) is 9.66. The summed E-state index contributed by atoms with van der Waals surface area (Å²) in [5.74, 6) is 1.37. The van der Waals surface area contributed by atoms with Crippen molar-refractivity contribution >= 4 is 45.0 Å². The van der Waals surface area contributed by atoms with E-state index in [-0.39, 0.29) is 34.9 Å². The third-order valence-corrected chi connectivity index (χ3v) is 9.35. The Morgan fingerprint density at radius 2 is 2.03 bits per heavy atom. The minimum Gasteiger partial charge on any atom is -0.504 e. The third-order valence-electron chi connectivity index (χ3n) is 6.59. The number of nitrogen functional groups attached to an aromatic ring is 1. The average molecular weight is 511 g/mol. The van der Waals surface area contributed by atoms with Crippen LogP contribution < -0.4 is 10.5 Å². The van der Waals surface area contributed by atoms with E-state index in [2.05, 4.69) is 30.1 Å². The summed E-state index contributed by atoms with van der Waals surface area (Å²) in [4.78, 5) is 29.6. The van der Waals surface area contributed by atoms with Crippen LogP contribution in [0.3, 0.4) is 0 Å². The molecular weight excluding hydrogens is 480 g/mol. The van der Waals surface area contributed by atoms with Gasteiger partial charge in [0.05, 0.1) is 13.5 Å². The van der Waals surface area contributed by atoms with Gasteiger partial charge in [0.2, 0.25) is 0 Å². The lowest BCUT2D eigenvalue weighted by Gasteiger charge is -2.26. The van der Waals surface area contributed by atoms with E-state index in [1.165, 1.54) is 13.2 Å². The molecule has 2 heterocycles. The van der Waals surface area contributed by atoms with Crippen LogP contribution in [0.1, 0.15) is 60.8 Å². The van der Waals surface area contributed by atoms with E-state index >= 15 is 0 Å². The van der Waals surface area contributed by atoms with Crippen molar-refractivity contribution in [2.45, 2.75) is 49.5 Å². The number of hydrogen-bond donors (Lipinski definition) is 2. The SMILES string of the molecule is CC[C@@H]1CCC(=O)CC(=O)/C=C/c2cc(OC)c(O)cc2[C@@H]2/C=C/[C@H]1SSCc1cc2cnc1N. The van der Waals surface area contributed by atoms with Gasteiger partial charge in [-0.05, 0) is 53.3 Å². The van der Waals surface area contributed by atoms with Crippen molar-refractivity contribution in [2.24, 2.45) is 5.92 Å². The highest BCUT2D eigenvalue weighted by molar-refractivity contribution is 8.76. The molecule has 0 radical (unpaired) electrons. The maximum absolute atomic E-state index is 12.6. The van der Waals surface area contributed by atoms with Gasteiger partial charge < -0.3 is 15.6 Å². The van der Waals surface area contributed by atoms with Crippen molar-refractivity contribution in [3.05, 3.63) is 64.9 Å². The number of allylic oxidation sites excluding steroid dienone is 2. The Kier molecular flexibility index (Phi) is 8.23. The lowest BCUT2D eigenvalue weighted by molar-refractivity contribution is -0.124.